The fraction of sp³-hybridized carbons (Fsp3) is 0.900. The van der Waals surface area contributed by atoms with Gasteiger partial charge in [-0.1, -0.05) is 53.2 Å². The number of carbonyl (C=O) groups is 1. The van der Waals surface area contributed by atoms with Crippen LogP contribution in [0.3, 0.4) is 0 Å². The third-order valence-electron chi connectivity index (χ3n) is 13.2. The van der Waals surface area contributed by atoms with Crippen molar-refractivity contribution in [3.63, 3.8) is 0 Å². The Hall–Kier alpha value is -0.870. The van der Waals surface area contributed by atoms with Crippen molar-refractivity contribution < 1.29 is 20.1 Å². The second-order valence-electron chi connectivity index (χ2n) is 14.9. The number of carboxylic acid groups (broad SMARTS) is 1. The van der Waals surface area contributed by atoms with Crippen LogP contribution in [0.4, 0.5) is 0 Å². The van der Waals surface area contributed by atoms with Gasteiger partial charge in [0.15, 0.2) is 0 Å². The van der Waals surface area contributed by atoms with Gasteiger partial charge in [0.1, 0.15) is 0 Å². The molecule has 192 valence electrons. The summed E-state index contributed by atoms with van der Waals surface area (Å²) in [6.07, 6.45) is 11.6. The predicted octanol–water partition coefficient (Wildman–Crippen LogP) is 6.21. The van der Waals surface area contributed by atoms with Crippen molar-refractivity contribution in [2.45, 2.75) is 112 Å². The monoisotopic (exact) mass is 472 g/mol. The van der Waals surface area contributed by atoms with Gasteiger partial charge in [-0.05, 0) is 104 Å². The SMILES string of the molecule is CC1(C)CC[C@]2(C(=O)O)CC[C@]3(C)C(=CC[C@@H]4[C@@]5(C)CC[C@@H](O)[C@@](C)(CO)C5CC[C@]43C)[C@H]2C1. The zero-order chi connectivity index (χ0) is 24.9. The summed E-state index contributed by atoms with van der Waals surface area (Å²) in [7, 11) is 0. The molecule has 0 bridgehead atoms. The first-order chi connectivity index (χ1) is 15.7. The van der Waals surface area contributed by atoms with E-state index in [2.05, 4.69) is 47.6 Å². The van der Waals surface area contributed by atoms with E-state index in [0.29, 0.717) is 11.8 Å². The Labute approximate surface area is 206 Å². The summed E-state index contributed by atoms with van der Waals surface area (Å²) in [5.74, 6) is 0.395. The van der Waals surface area contributed by atoms with Crippen molar-refractivity contribution in [3.8, 4) is 0 Å². The number of rotatable bonds is 2. The summed E-state index contributed by atoms with van der Waals surface area (Å²) < 4.78 is 0. The van der Waals surface area contributed by atoms with Crippen molar-refractivity contribution >= 4 is 5.97 Å². The molecule has 1 unspecified atom stereocenters. The standard InChI is InChI=1S/C30H48O4/c1-25(2)13-15-30(24(33)34)16-14-28(5)19(20(30)17-25)7-8-22-26(3)11-10-23(32)27(4,18-31)21(26)9-12-29(22,28)6/h7,20-23,31-32H,8-18H2,1-6H3,(H,33,34)/t20-,21?,22-,23-,26+,27+,28-,29-,30+/m1/s1. The second kappa shape index (κ2) is 7.34. The molecule has 4 heteroatoms. The van der Waals surface area contributed by atoms with Crippen LogP contribution in [0.25, 0.3) is 0 Å². The number of aliphatic hydroxyl groups is 2. The first-order valence-electron chi connectivity index (χ1n) is 13.9. The van der Waals surface area contributed by atoms with Gasteiger partial charge in [-0.2, -0.15) is 0 Å². The van der Waals surface area contributed by atoms with E-state index in [1.54, 1.807) is 0 Å². The van der Waals surface area contributed by atoms with E-state index in [-0.39, 0.29) is 34.2 Å². The molecule has 4 nitrogen and oxygen atoms in total. The van der Waals surface area contributed by atoms with E-state index >= 15 is 0 Å². The summed E-state index contributed by atoms with van der Waals surface area (Å²) in [4.78, 5) is 12.8. The van der Waals surface area contributed by atoms with Gasteiger partial charge in [0.25, 0.3) is 0 Å². The van der Waals surface area contributed by atoms with Crippen LogP contribution in [-0.4, -0.2) is 34.0 Å². The molecule has 5 aliphatic carbocycles. The quantitative estimate of drug-likeness (QED) is 0.418. The molecule has 5 aliphatic rings. The lowest BCUT2D eigenvalue weighted by Crippen LogP contribution is -2.65. The van der Waals surface area contributed by atoms with Crippen LogP contribution in [-0.2, 0) is 4.79 Å². The van der Waals surface area contributed by atoms with Crippen LogP contribution in [0.2, 0.25) is 0 Å². The van der Waals surface area contributed by atoms with Gasteiger partial charge in [-0.25, -0.2) is 0 Å². The molecule has 0 spiro atoms. The van der Waals surface area contributed by atoms with Gasteiger partial charge in [0.2, 0.25) is 0 Å². The number of allylic oxidation sites excluding steroid dienone is 2. The van der Waals surface area contributed by atoms with E-state index in [9.17, 15) is 20.1 Å². The molecule has 3 N–H and O–H groups in total. The Kier molecular flexibility index (Phi) is 5.36. The fourth-order valence-corrected chi connectivity index (χ4v) is 10.7. The Balaban J connectivity index is 1.60. The normalized spacial score (nSPS) is 54.1. The van der Waals surface area contributed by atoms with Crippen molar-refractivity contribution in [3.05, 3.63) is 11.6 Å². The molecule has 4 saturated carbocycles. The molecule has 0 amide bonds. The summed E-state index contributed by atoms with van der Waals surface area (Å²) in [5, 5.41) is 31.8. The predicted molar refractivity (Wildman–Crippen MR) is 134 cm³/mol. The number of hydrogen-bond donors (Lipinski definition) is 3. The van der Waals surface area contributed by atoms with Gasteiger partial charge in [-0.3, -0.25) is 4.79 Å². The van der Waals surface area contributed by atoms with Crippen LogP contribution in [0.5, 0.6) is 0 Å². The van der Waals surface area contributed by atoms with Gasteiger partial charge < -0.3 is 15.3 Å². The van der Waals surface area contributed by atoms with Gasteiger partial charge in [-0.15, -0.1) is 0 Å². The van der Waals surface area contributed by atoms with Gasteiger partial charge in [0.05, 0.1) is 18.1 Å². The third-order valence-corrected chi connectivity index (χ3v) is 13.2. The first-order valence-corrected chi connectivity index (χ1v) is 13.9. The first kappa shape index (κ1) is 24.8. The van der Waals surface area contributed by atoms with Crippen LogP contribution in [0.1, 0.15) is 106 Å². The topological polar surface area (TPSA) is 77.8 Å². The molecule has 0 aromatic heterocycles. The van der Waals surface area contributed by atoms with Crippen molar-refractivity contribution in [1.29, 1.82) is 0 Å². The molecule has 4 fully saturated rings. The van der Waals surface area contributed by atoms with Crippen molar-refractivity contribution in [2.75, 3.05) is 6.61 Å². The van der Waals surface area contributed by atoms with Gasteiger partial charge >= 0.3 is 5.97 Å². The number of hydrogen-bond acceptors (Lipinski definition) is 3. The maximum absolute atomic E-state index is 12.8. The molecule has 0 aromatic rings. The van der Waals surface area contributed by atoms with Crippen molar-refractivity contribution in [2.24, 2.45) is 50.2 Å². The van der Waals surface area contributed by atoms with Gasteiger partial charge in [0, 0.05) is 5.41 Å². The number of fused-ring (bicyclic) bond motifs is 7. The average molecular weight is 473 g/mol. The molecule has 0 heterocycles. The van der Waals surface area contributed by atoms with E-state index in [1.165, 1.54) is 5.57 Å². The van der Waals surface area contributed by atoms with Crippen LogP contribution >= 0.6 is 0 Å². The van der Waals surface area contributed by atoms with Crippen molar-refractivity contribution in [1.82, 2.24) is 0 Å². The minimum atomic E-state index is -0.588. The molecule has 0 radical (unpaired) electrons. The summed E-state index contributed by atoms with van der Waals surface area (Å²) in [5.41, 5.74) is 0.858. The molecule has 0 aromatic carbocycles. The van der Waals surface area contributed by atoms with E-state index in [0.717, 1.165) is 64.2 Å². The molecule has 34 heavy (non-hydrogen) atoms. The van der Waals surface area contributed by atoms with Crippen LogP contribution < -0.4 is 0 Å². The highest BCUT2D eigenvalue weighted by molar-refractivity contribution is 5.76. The molecular formula is C30H48O4. The van der Waals surface area contributed by atoms with E-state index in [4.69, 9.17) is 0 Å². The Morgan fingerprint density at radius 2 is 1.62 bits per heavy atom. The summed E-state index contributed by atoms with van der Waals surface area (Å²) in [6, 6.07) is 0. The average Bonchev–Trinajstić information content (AvgIpc) is 2.76. The van der Waals surface area contributed by atoms with Crippen LogP contribution in [0.15, 0.2) is 11.6 Å². The molecule has 9 atom stereocenters. The molecule has 0 aliphatic heterocycles. The number of aliphatic carboxylic acids is 1. The highest BCUT2D eigenvalue weighted by Gasteiger charge is 2.69. The third kappa shape index (κ3) is 2.88. The Morgan fingerprint density at radius 3 is 2.26 bits per heavy atom. The molecular weight excluding hydrogens is 424 g/mol. The summed E-state index contributed by atoms with van der Waals surface area (Å²) >= 11 is 0. The minimum Gasteiger partial charge on any atom is -0.481 e. The van der Waals surface area contributed by atoms with E-state index in [1.807, 2.05) is 0 Å². The number of aliphatic hydroxyl groups excluding tert-OH is 2. The zero-order valence-electron chi connectivity index (χ0n) is 22.4. The van der Waals surface area contributed by atoms with Crippen LogP contribution in [0, 0.1) is 50.2 Å². The fourth-order valence-electron chi connectivity index (χ4n) is 10.7. The minimum absolute atomic E-state index is 0.0204. The second-order valence-corrected chi connectivity index (χ2v) is 14.9. The zero-order valence-corrected chi connectivity index (χ0v) is 22.4. The smallest absolute Gasteiger partial charge is 0.310 e. The number of carboxylic acids is 1. The maximum atomic E-state index is 12.8. The highest BCUT2D eigenvalue weighted by atomic mass is 16.4. The largest absolute Gasteiger partial charge is 0.481 e. The van der Waals surface area contributed by atoms with E-state index < -0.39 is 22.9 Å². The maximum Gasteiger partial charge on any atom is 0.310 e. The lowest BCUT2D eigenvalue weighted by atomic mass is 9.33. The lowest BCUT2D eigenvalue weighted by molar-refractivity contribution is -0.216. The summed E-state index contributed by atoms with van der Waals surface area (Å²) in [6.45, 7) is 14.3. The lowest BCUT2D eigenvalue weighted by Gasteiger charge is -2.71. The Morgan fingerprint density at radius 1 is 0.941 bits per heavy atom. The highest BCUT2D eigenvalue weighted by Crippen LogP contribution is 2.75. The molecule has 0 saturated heterocycles. The molecule has 5 rings (SSSR count). The Bertz CT molecular complexity index is 907.